The maximum absolute atomic E-state index is 10.6. The van der Waals surface area contributed by atoms with Gasteiger partial charge in [-0.05, 0) is 18.9 Å². The van der Waals surface area contributed by atoms with Crippen LogP contribution in [0.25, 0.3) is 0 Å². The Hall–Kier alpha value is -1.35. The van der Waals surface area contributed by atoms with E-state index in [2.05, 4.69) is 23.0 Å². The third-order valence-corrected chi connectivity index (χ3v) is 1.88. The first-order valence-electron chi connectivity index (χ1n) is 4.74. The number of hydrogen-bond donors (Lipinski definition) is 2. The van der Waals surface area contributed by atoms with Crippen molar-refractivity contribution in [3.8, 4) is 0 Å². The molecule has 0 aliphatic heterocycles. The lowest BCUT2D eigenvalue weighted by molar-refractivity contribution is -0.120. The summed E-state index contributed by atoms with van der Waals surface area (Å²) >= 11 is 0. The van der Waals surface area contributed by atoms with E-state index in [0.29, 0.717) is 0 Å². The summed E-state index contributed by atoms with van der Waals surface area (Å²) in [6.45, 7) is 3.52. The summed E-state index contributed by atoms with van der Waals surface area (Å²) in [6, 6.07) is 10.4. The van der Waals surface area contributed by atoms with E-state index >= 15 is 0 Å². The van der Waals surface area contributed by atoms with Crippen LogP contribution in [-0.2, 0) is 11.2 Å². The fourth-order valence-electron chi connectivity index (χ4n) is 1.24. The van der Waals surface area contributed by atoms with Crippen LogP contribution in [0.5, 0.6) is 0 Å². The van der Waals surface area contributed by atoms with Crippen LogP contribution in [0.3, 0.4) is 0 Å². The van der Waals surface area contributed by atoms with Crippen molar-refractivity contribution in [2.45, 2.75) is 26.3 Å². The smallest absolute Gasteiger partial charge is 0.230 e. The fraction of sp³-hybridized carbons (Fsp3) is 0.364. The molecule has 14 heavy (non-hydrogen) atoms. The maximum Gasteiger partial charge on any atom is 0.230 e. The van der Waals surface area contributed by atoms with Crippen molar-refractivity contribution in [3.05, 3.63) is 35.9 Å². The van der Waals surface area contributed by atoms with Gasteiger partial charge in [0.2, 0.25) is 5.91 Å². The standard InChI is InChI=1S/C11H16N2O/c1-9(12-13-10(2)14)8-11-6-4-3-5-7-11/h3-7,9,12H,8H2,1-2H3,(H,13,14). The molecule has 0 fully saturated rings. The molecular formula is C11H16N2O. The van der Waals surface area contributed by atoms with Gasteiger partial charge in [0, 0.05) is 13.0 Å². The van der Waals surface area contributed by atoms with Crippen LogP contribution in [-0.4, -0.2) is 11.9 Å². The number of hydrogen-bond acceptors (Lipinski definition) is 2. The number of nitrogens with one attached hydrogen (secondary N) is 2. The lowest BCUT2D eigenvalue weighted by Crippen LogP contribution is -2.42. The molecule has 76 valence electrons. The molecule has 1 rings (SSSR count). The molecule has 0 saturated heterocycles. The lowest BCUT2D eigenvalue weighted by Gasteiger charge is -2.13. The average molecular weight is 192 g/mol. The van der Waals surface area contributed by atoms with E-state index in [4.69, 9.17) is 0 Å². The molecule has 0 spiro atoms. The van der Waals surface area contributed by atoms with Crippen molar-refractivity contribution in [3.63, 3.8) is 0 Å². The second-order valence-electron chi connectivity index (χ2n) is 3.42. The van der Waals surface area contributed by atoms with E-state index in [-0.39, 0.29) is 11.9 Å². The Balaban J connectivity index is 2.34. The van der Waals surface area contributed by atoms with Crippen molar-refractivity contribution in [1.82, 2.24) is 10.9 Å². The third-order valence-electron chi connectivity index (χ3n) is 1.88. The zero-order valence-corrected chi connectivity index (χ0v) is 8.58. The number of carbonyl (C=O) groups is 1. The number of hydrazine groups is 1. The van der Waals surface area contributed by atoms with E-state index in [9.17, 15) is 4.79 Å². The van der Waals surface area contributed by atoms with Gasteiger partial charge < -0.3 is 0 Å². The van der Waals surface area contributed by atoms with Crippen LogP contribution in [0.4, 0.5) is 0 Å². The van der Waals surface area contributed by atoms with Gasteiger partial charge in [0.05, 0.1) is 0 Å². The first-order valence-corrected chi connectivity index (χ1v) is 4.74. The van der Waals surface area contributed by atoms with Crippen molar-refractivity contribution in [1.29, 1.82) is 0 Å². The van der Waals surface area contributed by atoms with Gasteiger partial charge in [-0.1, -0.05) is 30.3 Å². The van der Waals surface area contributed by atoms with E-state index < -0.39 is 0 Å². The first-order chi connectivity index (χ1) is 6.68. The van der Waals surface area contributed by atoms with E-state index in [1.807, 2.05) is 25.1 Å². The number of carbonyl (C=O) groups excluding carboxylic acids is 1. The summed E-state index contributed by atoms with van der Waals surface area (Å²) in [7, 11) is 0. The summed E-state index contributed by atoms with van der Waals surface area (Å²) in [5.74, 6) is -0.0649. The predicted octanol–water partition coefficient (Wildman–Crippen LogP) is 1.26. The number of rotatable bonds is 4. The van der Waals surface area contributed by atoms with Crippen LogP contribution in [0, 0.1) is 0 Å². The summed E-state index contributed by atoms with van der Waals surface area (Å²) in [4.78, 5) is 10.6. The summed E-state index contributed by atoms with van der Waals surface area (Å²) in [5, 5.41) is 0. The molecule has 0 aromatic heterocycles. The summed E-state index contributed by atoms with van der Waals surface area (Å²) in [6.07, 6.45) is 0.904. The Bertz CT molecular complexity index is 285. The van der Waals surface area contributed by atoms with Crippen LogP contribution < -0.4 is 10.9 Å². The lowest BCUT2D eigenvalue weighted by atomic mass is 10.1. The van der Waals surface area contributed by atoms with Crippen LogP contribution >= 0.6 is 0 Å². The molecule has 1 unspecified atom stereocenters. The Morgan fingerprint density at radius 3 is 2.57 bits per heavy atom. The second-order valence-corrected chi connectivity index (χ2v) is 3.42. The molecule has 3 nitrogen and oxygen atoms in total. The number of benzene rings is 1. The topological polar surface area (TPSA) is 41.1 Å². The highest BCUT2D eigenvalue weighted by atomic mass is 16.2. The highest BCUT2D eigenvalue weighted by molar-refractivity contribution is 5.72. The fourth-order valence-corrected chi connectivity index (χ4v) is 1.24. The monoisotopic (exact) mass is 192 g/mol. The normalized spacial score (nSPS) is 12.1. The Labute approximate surface area is 84.5 Å². The summed E-state index contributed by atoms with van der Waals surface area (Å²) in [5.41, 5.74) is 6.77. The van der Waals surface area contributed by atoms with Crippen molar-refractivity contribution < 1.29 is 4.79 Å². The first kappa shape index (κ1) is 10.7. The minimum atomic E-state index is -0.0649. The molecular weight excluding hydrogens is 176 g/mol. The van der Waals surface area contributed by atoms with Gasteiger partial charge in [0.1, 0.15) is 0 Å². The summed E-state index contributed by atoms with van der Waals surface area (Å²) < 4.78 is 0. The van der Waals surface area contributed by atoms with Crippen molar-refractivity contribution >= 4 is 5.91 Å². The molecule has 1 aromatic carbocycles. The molecule has 1 aromatic rings. The van der Waals surface area contributed by atoms with E-state index in [1.54, 1.807) is 0 Å². The number of amides is 1. The predicted molar refractivity (Wildman–Crippen MR) is 56.6 cm³/mol. The third kappa shape index (κ3) is 4.05. The molecule has 1 atom stereocenters. The van der Waals surface area contributed by atoms with Crippen LogP contribution in [0.2, 0.25) is 0 Å². The van der Waals surface area contributed by atoms with Crippen LogP contribution in [0.15, 0.2) is 30.3 Å². The Morgan fingerprint density at radius 2 is 2.00 bits per heavy atom. The SMILES string of the molecule is CC(=O)NNC(C)Cc1ccccc1. The van der Waals surface area contributed by atoms with Gasteiger partial charge in [-0.3, -0.25) is 10.2 Å². The molecule has 0 bridgehead atoms. The largest absolute Gasteiger partial charge is 0.292 e. The molecule has 1 amide bonds. The van der Waals surface area contributed by atoms with Gasteiger partial charge in [-0.15, -0.1) is 0 Å². The quantitative estimate of drug-likeness (QED) is 0.705. The van der Waals surface area contributed by atoms with Crippen LogP contribution in [0.1, 0.15) is 19.4 Å². The molecule has 0 aliphatic rings. The second kappa shape index (κ2) is 5.40. The van der Waals surface area contributed by atoms with Crippen molar-refractivity contribution in [2.24, 2.45) is 0 Å². The zero-order chi connectivity index (χ0) is 10.4. The van der Waals surface area contributed by atoms with Gasteiger partial charge in [0.25, 0.3) is 0 Å². The molecule has 0 radical (unpaired) electrons. The molecule has 0 aliphatic carbocycles. The van der Waals surface area contributed by atoms with Gasteiger partial charge in [-0.2, -0.15) is 0 Å². The molecule has 3 heteroatoms. The maximum atomic E-state index is 10.6. The Morgan fingerprint density at radius 1 is 1.36 bits per heavy atom. The van der Waals surface area contributed by atoms with Gasteiger partial charge in [0.15, 0.2) is 0 Å². The molecule has 0 heterocycles. The van der Waals surface area contributed by atoms with E-state index in [0.717, 1.165) is 6.42 Å². The molecule has 2 N–H and O–H groups in total. The van der Waals surface area contributed by atoms with Gasteiger partial charge in [-0.25, -0.2) is 5.43 Å². The zero-order valence-electron chi connectivity index (χ0n) is 8.58. The highest BCUT2D eigenvalue weighted by Gasteiger charge is 2.02. The minimum Gasteiger partial charge on any atom is -0.292 e. The minimum absolute atomic E-state index is 0.0649. The van der Waals surface area contributed by atoms with E-state index in [1.165, 1.54) is 12.5 Å². The highest BCUT2D eigenvalue weighted by Crippen LogP contribution is 2.01. The van der Waals surface area contributed by atoms with Crippen molar-refractivity contribution in [2.75, 3.05) is 0 Å². The molecule has 0 saturated carbocycles. The Kier molecular flexibility index (Phi) is 4.13. The average Bonchev–Trinajstić information content (AvgIpc) is 2.16. The van der Waals surface area contributed by atoms with Gasteiger partial charge >= 0.3 is 0 Å².